The summed E-state index contributed by atoms with van der Waals surface area (Å²) in [6, 6.07) is 17.3. The second-order valence-corrected chi connectivity index (χ2v) is 7.34. The fourth-order valence-corrected chi connectivity index (χ4v) is 4.46. The Hall–Kier alpha value is -3.53. The number of nitrogens with zero attached hydrogens (tertiary/aromatic N) is 2. The predicted octanol–water partition coefficient (Wildman–Crippen LogP) is 5.59. The topological polar surface area (TPSA) is 26.0 Å². The zero-order chi connectivity index (χ0) is 19.0. The molecule has 4 aromatic carbocycles. The van der Waals surface area contributed by atoms with E-state index in [4.69, 9.17) is 4.74 Å². The maximum Gasteiger partial charge on any atom is 0.287 e. The number of benzene rings is 4. The molecule has 1 aliphatic rings. The molecule has 0 spiro atoms. The maximum absolute atomic E-state index is 14.5. The molecule has 0 radical (unpaired) electrons. The molecule has 2 heterocycles. The summed E-state index contributed by atoms with van der Waals surface area (Å²) in [4.78, 5) is 4.63. The Balaban J connectivity index is 1.86. The van der Waals surface area contributed by atoms with Gasteiger partial charge >= 0.3 is 0 Å². The lowest BCUT2D eigenvalue weighted by Crippen LogP contribution is -2.32. The minimum Gasteiger partial charge on any atom is -0.456 e. The van der Waals surface area contributed by atoms with Crippen LogP contribution in [-0.2, 0) is 7.05 Å². The molecule has 6 rings (SSSR count). The van der Waals surface area contributed by atoms with Crippen molar-refractivity contribution in [2.45, 2.75) is 6.92 Å². The van der Waals surface area contributed by atoms with Crippen LogP contribution in [0.25, 0.3) is 43.7 Å². The van der Waals surface area contributed by atoms with Crippen LogP contribution in [-0.4, -0.2) is 4.98 Å². The molecule has 0 amide bonds. The Morgan fingerprint density at radius 2 is 1.75 bits per heavy atom. The number of rotatable bonds is 0. The van der Waals surface area contributed by atoms with Gasteiger partial charge in [0, 0.05) is 10.8 Å². The Morgan fingerprint density at radius 1 is 0.929 bits per heavy atom. The maximum atomic E-state index is 14.5. The minimum atomic E-state index is -0.267. The van der Waals surface area contributed by atoms with Crippen molar-refractivity contribution in [2.24, 2.45) is 7.05 Å². The van der Waals surface area contributed by atoms with E-state index in [9.17, 15) is 4.39 Å². The van der Waals surface area contributed by atoms with Crippen molar-refractivity contribution in [1.29, 1.82) is 0 Å². The van der Waals surface area contributed by atoms with Crippen molar-refractivity contribution in [3.63, 3.8) is 0 Å². The van der Waals surface area contributed by atoms with Gasteiger partial charge in [-0.1, -0.05) is 30.3 Å². The lowest BCUT2D eigenvalue weighted by atomic mass is 9.92. The molecule has 28 heavy (non-hydrogen) atoms. The molecule has 0 bridgehead atoms. The second-order valence-electron chi connectivity index (χ2n) is 7.34. The number of fused-ring (bicyclic) bond motifs is 5. The van der Waals surface area contributed by atoms with Gasteiger partial charge in [-0.2, -0.15) is 0 Å². The first-order valence-electron chi connectivity index (χ1n) is 9.23. The smallest absolute Gasteiger partial charge is 0.287 e. The van der Waals surface area contributed by atoms with Crippen LogP contribution < -0.4 is 9.30 Å². The van der Waals surface area contributed by atoms with Crippen LogP contribution in [0.2, 0.25) is 0 Å². The van der Waals surface area contributed by atoms with Crippen molar-refractivity contribution >= 4 is 32.4 Å². The highest BCUT2D eigenvalue weighted by Gasteiger charge is 2.31. The summed E-state index contributed by atoms with van der Waals surface area (Å²) in [5.74, 6) is 1.17. The molecular formula is C24H16FN2O+. The molecule has 0 aliphatic carbocycles. The number of halogens is 1. The van der Waals surface area contributed by atoms with Gasteiger partial charge in [-0.25, -0.2) is 8.96 Å². The summed E-state index contributed by atoms with van der Waals surface area (Å²) in [6.07, 6.45) is 1.80. The van der Waals surface area contributed by atoms with E-state index < -0.39 is 0 Å². The third kappa shape index (κ3) is 1.87. The Kier molecular flexibility index (Phi) is 2.91. The third-order valence-corrected chi connectivity index (χ3v) is 5.75. The molecule has 0 unspecified atom stereocenters. The van der Waals surface area contributed by atoms with Gasteiger partial charge in [0.25, 0.3) is 6.33 Å². The van der Waals surface area contributed by atoms with Crippen molar-refractivity contribution in [1.82, 2.24) is 4.98 Å². The minimum absolute atomic E-state index is 0.267. The first-order chi connectivity index (χ1) is 13.6. The van der Waals surface area contributed by atoms with Crippen molar-refractivity contribution in [3.05, 3.63) is 72.3 Å². The average molecular weight is 367 g/mol. The highest BCUT2D eigenvalue weighted by molar-refractivity contribution is 6.14. The van der Waals surface area contributed by atoms with Crippen LogP contribution in [0.15, 0.2) is 60.9 Å². The van der Waals surface area contributed by atoms with Gasteiger partial charge in [0.05, 0.1) is 12.6 Å². The summed E-state index contributed by atoms with van der Waals surface area (Å²) in [5.41, 5.74) is 4.05. The zero-order valence-electron chi connectivity index (χ0n) is 15.5. The number of aryl methyl sites for hydroxylation is 2. The first-order valence-corrected chi connectivity index (χ1v) is 9.23. The number of hydrogen-bond donors (Lipinski definition) is 0. The van der Waals surface area contributed by atoms with E-state index in [0.29, 0.717) is 11.1 Å². The summed E-state index contributed by atoms with van der Waals surface area (Å²) < 4.78 is 22.9. The molecule has 1 aromatic heterocycles. The van der Waals surface area contributed by atoms with Crippen LogP contribution in [0.3, 0.4) is 0 Å². The van der Waals surface area contributed by atoms with Gasteiger partial charge < -0.3 is 4.74 Å². The molecule has 0 saturated carbocycles. The number of ether oxygens (including phenoxy) is 1. The van der Waals surface area contributed by atoms with Crippen LogP contribution >= 0.6 is 0 Å². The van der Waals surface area contributed by atoms with E-state index in [1.165, 1.54) is 17.0 Å². The van der Waals surface area contributed by atoms with Crippen LogP contribution in [0.1, 0.15) is 5.56 Å². The van der Waals surface area contributed by atoms with Gasteiger partial charge in [-0.05, 0) is 52.5 Å². The average Bonchev–Trinajstić information content (AvgIpc) is 2.70. The SMILES string of the molecule is Cc1c2c(cc3ccccc13)Oc1cc3c(F)cccc3c3nc[n+](C)c-2c13. The molecule has 0 N–H and O–H groups in total. The van der Waals surface area contributed by atoms with Crippen molar-refractivity contribution < 1.29 is 13.7 Å². The van der Waals surface area contributed by atoms with E-state index >= 15 is 0 Å². The highest BCUT2D eigenvalue weighted by Crippen LogP contribution is 2.49. The van der Waals surface area contributed by atoms with Gasteiger partial charge in [0.15, 0.2) is 11.2 Å². The summed E-state index contributed by atoms with van der Waals surface area (Å²) >= 11 is 0. The number of aromatic nitrogens is 2. The molecule has 3 nitrogen and oxygen atoms in total. The van der Waals surface area contributed by atoms with Crippen LogP contribution in [0.5, 0.6) is 11.5 Å². The Labute approximate surface area is 160 Å². The fourth-order valence-electron chi connectivity index (χ4n) is 4.46. The molecule has 4 heteroatoms. The molecule has 0 fully saturated rings. The summed E-state index contributed by atoms with van der Waals surface area (Å²) in [7, 11) is 1.99. The largest absolute Gasteiger partial charge is 0.456 e. The Morgan fingerprint density at radius 3 is 2.64 bits per heavy atom. The molecule has 0 atom stereocenters. The van der Waals surface area contributed by atoms with E-state index in [2.05, 4.69) is 36.2 Å². The quantitative estimate of drug-likeness (QED) is 0.258. The van der Waals surface area contributed by atoms with E-state index in [1.54, 1.807) is 18.5 Å². The monoisotopic (exact) mass is 367 g/mol. The first kappa shape index (κ1) is 15.5. The summed E-state index contributed by atoms with van der Waals surface area (Å²) in [6.45, 7) is 2.13. The molecule has 0 saturated heterocycles. The van der Waals surface area contributed by atoms with Gasteiger partial charge in [0.2, 0.25) is 0 Å². The normalized spacial score (nSPS) is 12.4. The van der Waals surface area contributed by atoms with Crippen molar-refractivity contribution in [3.8, 4) is 22.8 Å². The van der Waals surface area contributed by atoms with Crippen molar-refractivity contribution in [2.75, 3.05) is 0 Å². The number of hydrogen-bond acceptors (Lipinski definition) is 2. The van der Waals surface area contributed by atoms with Gasteiger partial charge in [-0.15, -0.1) is 0 Å². The van der Waals surface area contributed by atoms with Gasteiger partial charge in [-0.3, -0.25) is 0 Å². The second kappa shape index (κ2) is 5.26. The van der Waals surface area contributed by atoms with Crippen LogP contribution in [0.4, 0.5) is 4.39 Å². The van der Waals surface area contributed by atoms with Crippen LogP contribution in [0, 0.1) is 12.7 Å². The summed E-state index contributed by atoms with van der Waals surface area (Å²) in [5, 5.41) is 4.57. The van der Waals surface area contributed by atoms with Gasteiger partial charge in [0.1, 0.15) is 22.7 Å². The standard InChI is InChI=1S/C24H16FN2O/c1-13-15-7-4-3-6-14(15)10-19-21(13)24-22-20(28-19)11-17-16(8-5-9-18(17)25)23(22)26-12-27(24)2/h3-12H,1-2H3/q+1. The molecule has 134 valence electrons. The third-order valence-electron chi connectivity index (χ3n) is 5.75. The lowest BCUT2D eigenvalue weighted by Gasteiger charge is -2.23. The zero-order valence-corrected chi connectivity index (χ0v) is 15.5. The molecule has 1 aliphatic heterocycles. The fraction of sp³-hybridized carbons (Fsp3) is 0.0833. The lowest BCUT2D eigenvalue weighted by molar-refractivity contribution is -0.662. The van der Waals surface area contributed by atoms with E-state index in [-0.39, 0.29) is 5.82 Å². The molecular weight excluding hydrogens is 351 g/mol. The highest BCUT2D eigenvalue weighted by atomic mass is 19.1. The Bertz CT molecular complexity index is 1470. The van der Waals surface area contributed by atoms with E-state index in [0.717, 1.165) is 38.7 Å². The molecule has 5 aromatic rings. The predicted molar refractivity (Wildman–Crippen MR) is 108 cm³/mol. The van der Waals surface area contributed by atoms with E-state index in [1.807, 2.05) is 23.7 Å².